The van der Waals surface area contributed by atoms with Crippen LogP contribution in [0.4, 0.5) is 0 Å². The predicted molar refractivity (Wildman–Crippen MR) is 63.0 cm³/mol. The van der Waals surface area contributed by atoms with Crippen LogP contribution in [0.25, 0.3) is 10.8 Å². The zero-order valence-corrected chi connectivity index (χ0v) is 8.91. The molecule has 2 rings (SSSR count). The van der Waals surface area contributed by atoms with E-state index in [-0.39, 0.29) is 6.54 Å². The van der Waals surface area contributed by atoms with Crippen molar-refractivity contribution in [1.29, 1.82) is 0 Å². The number of hydrogen-bond acceptors (Lipinski definition) is 2. The maximum absolute atomic E-state index is 9.77. The third kappa shape index (κ3) is 1.84. The topological polar surface area (TPSA) is 46.2 Å². The van der Waals surface area contributed by atoms with E-state index in [1.54, 1.807) is 0 Å². The summed E-state index contributed by atoms with van der Waals surface area (Å²) < 4.78 is 0. The van der Waals surface area contributed by atoms with Crippen molar-refractivity contribution < 1.29 is 5.11 Å². The van der Waals surface area contributed by atoms with E-state index in [0.29, 0.717) is 5.02 Å². The highest BCUT2D eigenvalue weighted by atomic mass is 35.5. The third-order valence-electron chi connectivity index (χ3n) is 2.47. The Kier molecular flexibility index (Phi) is 2.91. The van der Waals surface area contributed by atoms with Crippen LogP contribution in [0.5, 0.6) is 0 Å². The van der Waals surface area contributed by atoms with Crippen LogP contribution in [0, 0.1) is 0 Å². The lowest BCUT2D eigenvalue weighted by molar-refractivity contribution is 0.188. The molecule has 0 spiro atoms. The maximum Gasteiger partial charge on any atom is 0.0918 e. The van der Waals surface area contributed by atoms with Gasteiger partial charge in [0.05, 0.1) is 6.10 Å². The van der Waals surface area contributed by atoms with Crippen LogP contribution >= 0.6 is 11.6 Å². The van der Waals surface area contributed by atoms with E-state index in [0.717, 1.165) is 16.3 Å². The smallest absolute Gasteiger partial charge is 0.0918 e. The van der Waals surface area contributed by atoms with E-state index >= 15 is 0 Å². The minimum atomic E-state index is -0.659. The predicted octanol–water partition coefficient (Wildman–Crippen LogP) is 2.49. The molecule has 0 aromatic heterocycles. The monoisotopic (exact) mass is 221 g/mol. The van der Waals surface area contributed by atoms with Gasteiger partial charge in [-0.3, -0.25) is 0 Å². The van der Waals surface area contributed by atoms with Gasteiger partial charge in [0.1, 0.15) is 0 Å². The van der Waals surface area contributed by atoms with Crippen LogP contribution in [0.1, 0.15) is 11.7 Å². The van der Waals surface area contributed by atoms with Gasteiger partial charge in [-0.25, -0.2) is 0 Å². The summed E-state index contributed by atoms with van der Waals surface area (Å²) in [6.07, 6.45) is -0.659. The first kappa shape index (κ1) is 10.4. The number of benzene rings is 2. The molecular formula is C12H12ClNO. The molecule has 0 aliphatic heterocycles. The van der Waals surface area contributed by atoms with E-state index < -0.39 is 6.10 Å². The van der Waals surface area contributed by atoms with Crippen LogP contribution in [0.2, 0.25) is 5.02 Å². The first-order valence-corrected chi connectivity index (χ1v) is 5.17. The van der Waals surface area contributed by atoms with Crippen molar-refractivity contribution in [1.82, 2.24) is 0 Å². The second kappa shape index (κ2) is 4.19. The summed E-state index contributed by atoms with van der Waals surface area (Å²) in [4.78, 5) is 0. The molecule has 0 bridgehead atoms. The lowest BCUT2D eigenvalue weighted by Gasteiger charge is -2.12. The minimum Gasteiger partial charge on any atom is -0.387 e. The van der Waals surface area contributed by atoms with Crippen LogP contribution in [-0.4, -0.2) is 11.7 Å². The van der Waals surface area contributed by atoms with Gasteiger partial charge in [0, 0.05) is 17.0 Å². The fourth-order valence-corrected chi connectivity index (χ4v) is 2.02. The van der Waals surface area contributed by atoms with Crippen molar-refractivity contribution in [3.63, 3.8) is 0 Å². The number of aliphatic hydroxyl groups excluding tert-OH is 1. The first-order valence-electron chi connectivity index (χ1n) is 4.79. The molecule has 3 N–H and O–H groups in total. The van der Waals surface area contributed by atoms with Crippen molar-refractivity contribution in [2.75, 3.05) is 6.54 Å². The van der Waals surface area contributed by atoms with Gasteiger partial charge in [0.2, 0.25) is 0 Å². The zero-order chi connectivity index (χ0) is 10.8. The molecule has 0 heterocycles. The Bertz CT molecular complexity index is 479. The molecule has 0 amide bonds. The van der Waals surface area contributed by atoms with E-state index in [9.17, 15) is 5.11 Å². The van der Waals surface area contributed by atoms with Gasteiger partial charge in [-0.2, -0.15) is 0 Å². The fraction of sp³-hybridized carbons (Fsp3) is 0.167. The standard InChI is InChI=1S/C12H12ClNO/c13-10-6-2-4-8-3-1-5-9(12(8)10)11(15)7-14/h1-6,11,15H,7,14H2. The molecule has 0 saturated heterocycles. The Morgan fingerprint density at radius 1 is 1.20 bits per heavy atom. The van der Waals surface area contributed by atoms with E-state index in [1.807, 2.05) is 36.4 Å². The Morgan fingerprint density at radius 2 is 1.87 bits per heavy atom. The minimum absolute atomic E-state index is 0.199. The molecule has 0 radical (unpaired) electrons. The molecular weight excluding hydrogens is 210 g/mol. The van der Waals surface area contributed by atoms with E-state index in [2.05, 4.69) is 0 Å². The van der Waals surface area contributed by atoms with Gasteiger partial charge in [-0.15, -0.1) is 0 Å². The second-order valence-corrected chi connectivity index (χ2v) is 3.84. The summed E-state index contributed by atoms with van der Waals surface area (Å²) in [5, 5.41) is 12.3. The highest BCUT2D eigenvalue weighted by Crippen LogP contribution is 2.30. The third-order valence-corrected chi connectivity index (χ3v) is 2.78. The van der Waals surface area contributed by atoms with Crippen molar-refractivity contribution in [2.45, 2.75) is 6.10 Å². The average Bonchev–Trinajstić information content (AvgIpc) is 2.28. The molecule has 0 aliphatic rings. The average molecular weight is 222 g/mol. The highest BCUT2D eigenvalue weighted by molar-refractivity contribution is 6.35. The van der Waals surface area contributed by atoms with Gasteiger partial charge in [-0.1, -0.05) is 41.9 Å². The Hall–Kier alpha value is -1.09. The zero-order valence-electron chi connectivity index (χ0n) is 8.15. The van der Waals surface area contributed by atoms with E-state index in [4.69, 9.17) is 17.3 Å². The summed E-state index contributed by atoms with van der Waals surface area (Å²) >= 11 is 6.11. The molecule has 0 fully saturated rings. The maximum atomic E-state index is 9.77. The van der Waals surface area contributed by atoms with Crippen molar-refractivity contribution in [2.24, 2.45) is 5.73 Å². The van der Waals surface area contributed by atoms with Gasteiger partial charge < -0.3 is 10.8 Å². The number of halogens is 1. The molecule has 15 heavy (non-hydrogen) atoms. The number of fused-ring (bicyclic) bond motifs is 1. The van der Waals surface area contributed by atoms with Gasteiger partial charge in [-0.05, 0) is 17.0 Å². The SMILES string of the molecule is NCC(O)c1cccc2cccc(Cl)c12. The van der Waals surface area contributed by atoms with Crippen LogP contribution in [0.15, 0.2) is 36.4 Å². The molecule has 2 nitrogen and oxygen atoms in total. The molecule has 2 aromatic rings. The normalized spacial score (nSPS) is 13.0. The van der Waals surface area contributed by atoms with Crippen molar-refractivity contribution >= 4 is 22.4 Å². The molecule has 1 atom stereocenters. The number of nitrogens with two attached hydrogens (primary N) is 1. The number of rotatable bonds is 2. The van der Waals surface area contributed by atoms with Crippen LogP contribution in [-0.2, 0) is 0 Å². The first-order chi connectivity index (χ1) is 7.24. The van der Waals surface area contributed by atoms with Gasteiger partial charge in [0.15, 0.2) is 0 Å². The molecule has 0 saturated carbocycles. The van der Waals surface area contributed by atoms with E-state index in [1.165, 1.54) is 0 Å². The summed E-state index contributed by atoms with van der Waals surface area (Å²) in [5.41, 5.74) is 6.24. The molecule has 0 aliphatic carbocycles. The summed E-state index contributed by atoms with van der Waals surface area (Å²) in [7, 11) is 0. The molecule has 1 unspecified atom stereocenters. The van der Waals surface area contributed by atoms with Crippen LogP contribution < -0.4 is 5.73 Å². The fourth-order valence-electron chi connectivity index (χ4n) is 1.73. The second-order valence-electron chi connectivity index (χ2n) is 3.44. The number of aliphatic hydroxyl groups is 1. The molecule has 3 heteroatoms. The van der Waals surface area contributed by atoms with Gasteiger partial charge in [0.25, 0.3) is 0 Å². The largest absolute Gasteiger partial charge is 0.387 e. The Morgan fingerprint density at radius 3 is 2.53 bits per heavy atom. The quantitative estimate of drug-likeness (QED) is 0.819. The van der Waals surface area contributed by atoms with Crippen LogP contribution in [0.3, 0.4) is 0 Å². The molecule has 2 aromatic carbocycles. The summed E-state index contributed by atoms with van der Waals surface area (Å²) in [6, 6.07) is 11.4. The number of hydrogen-bond donors (Lipinski definition) is 2. The summed E-state index contributed by atoms with van der Waals surface area (Å²) in [6.45, 7) is 0.199. The lowest BCUT2D eigenvalue weighted by atomic mass is 10.0. The Labute approximate surface area is 93.3 Å². The summed E-state index contributed by atoms with van der Waals surface area (Å²) in [5.74, 6) is 0. The van der Waals surface area contributed by atoms with Crippen molar-refractivity contribution in [3.8, 4) is 0 Å². The van der Waals surface area contributed by atoms with Gasteiger partial charge >= 0.3 is 0 Å². The molecule has 78 valence electrons. The van der Waals surface area contributed by atoms with Crippen molar-refractivity contribution in [3.05, 3.63) is 47.0 Å². The highest BCUT2D eigenvalue weighted by Gasteiger charge is 2.11. The lowest BCUT2D eigenvalue weighted by Crippen LogP contribution is -2.11. The Balaban J connectivity index is 2.74.